The summed E-state index contributed by atoms with van der Waals surface area (Å²) in [4.78, 5) is 72.7. The first kappa shape index (κ1) is 99.3. The third kappa shape index (κ3) is 27.3. The quantitative estimate of drug-likeness (QED) is 0.0133. The molecule has 0 bridgehead atoms. The molecule has 1 fully saturated rings. The third-order valence-corrected chi connectivity index (χ3v) is 21.0. The van der Waals surface area contributed by atoms with Gasteiger partial charge in [0.15, 0.2) is 49.4 Å². The maximum Gasteiger partial charge on any atom is 0.494 e. The summed E-state index contributed by atoms with van der Waals surface area (Å²) >= 11 is 51.5. The normalized spacial score (nSPS) is 12.1. The number of nitrogens with zero attached hydrogens (tertiary/aromatic N) is 28. The van der Waals surface area contributed by atoms with Crippen LogP contribution in [0.4, 0.5) is 36.8 Å². The van der Waals surface area contributed by atoms with Crippen molar-refractivity contribution in [1.29, 1.82) is 0 Å². The van der Waals surface area contributed by atoms with E-state index in [1.54, 1.807) is 65.3 Å². The number of rotatable bonds is 8. The molecule has 0 atom stereocenters. The van der Waals surface area contributed by atoms with Crippen LogP contribution in [0.25, 0.3) is 56.4 Å². The molecule has 0 amide bonds. The number of benzene rings is 3. The van der Waals surface area contributed by atoms with E-state index in [0.29, 0.717) is 92.5 Å². The molecule has 0 radical (unpaired) electrons. The van der Waals surface area contributed by atoms with Gasteiger partial charge in [0.1, 0.15) is 85.5 Å². The Kier molecular flexibility index (Phi) is 35.6. The number of nitrogen functional groups attached to an aromatic ring is 4. The van der Waals surface area contributed by atoms with Gasteiger partial charge >= 0.3 is 26.1 Å². The summed E-state index contributed by atoms with van der Waals surface area (Å²) in [6.45, 7) is 8.93. The Hall–Kier alpha value is -10.9. The zero-order valence-corrected chi connectivity index (χ0v) is 77.8. The maximum absolute atomic E-state index is 12.8. The highest BCUT2D eigenvalue weighted by atomic mass is 127. The lowest BCUT2D eigenvalue weighted by Crippen LogP contribution is -2.41. The second kappa shape index (κ2) is 45.9. The number of halogens is 12. The van der Waals surface area contributed by atoms with Crippen molar-refractivity contribution in [3.05, 3.63) is 250 Å². The molecule has 12 N–H and O–H groups in total. The summed E-state index contributed by atoms with van der Waals surface area (Å²) in [6, 6.07) is 42.2. The number of fused-ring (bicyclic) bond motifs is 6. The van der Waals surface area contributed by atoms with Gasteiger partial charge in [-0.05, 0) is 111 Å². The van der Waals surface area contributed by atoms with Gasteiger partial charge in [0.05, 0.1) is 26.2 Å². The van der Waals surface area contributed by atoms with Gasteiger partial charge < -0.3 is 42.0 Å². The first-order valence-corrected chi connectivity index (χ1v) is 43.7. The van der Waals surface area contributed by atoms with Crippen molar-refractivity contribution < 1.29 is 32.5 Å². The Morgan fingerprint density at radius 3 is 1.55 bits per heavy atom. The second-order valence-electron chi connectivity index (χ2n) is 25.8. The molecule has 0 saturated carbocycles. The maximum atomic E-state index is 12.8. The smallest absolute Gasteiger partial charge is 0.423 e. The number of hydrogen-bond donors (Lipinski definition) is 8. The molecule has 15 aromatic heterocycles. The molecule has 19 rings (SSSR count). The van der Waals surface area contributed by atoms with Crippen molar-refractivity contribution in [2.24, 2.45) is 5.84 Å². The first-order valence-electron chi connectivity index (χ1n) is 35.9. The molecule has 662 valence electrons. The van der Waals surface area contributed by atoms with Crippen molar-refractivity contribution in [2.45, 2.75) is 67.5 Å². The van der Waals surface area contributed by atoms with Crippen LogP contribution in [0.3, 0.4) is 0 Å². The minimum absolute atomic E-state index is 0.213. The highest BCUT2D eigenvalue weighted by Gasteiger charge is 2.52. The zero-order valence-electron chi connectivity index (χ0n) is 67.2. The van der Waals surface area contributed by atoms with Crippen LogP contribution in [0.15, 0.2) is 204 Å². The Labute approximate surface area is 789 Å². The number of anilines is 4. The van der Waals surface area contributed by atoms with Gasteiger partial charge in [-0.3, -0.25) is 9.38 Å². The van der Waals surface area contributed by atoms with Crippen LogP contribution in [0, 0.1) is 10.5 Å². The molecule has 56 heteroatoms. The Morgan fingerprint density at radius 1 is 0.523 bits per heavy atom. The van der Waals surface area contributed by atoms with Crippen molar-refractivity contribution in [1.82, 2.24) is 142 Å². The average molecular weight is 2070 g/mol. The first-order chi connectivity index (χ1) is 60.9. The van der Waals surface area contributed by atoms with E-state index >= 15 is 0 Å². The molecular formula is C72H66B2Cl8F3IN34O5S3. The van der Waals surface area contributed by atoms with Crippen LogP contribution in [-0.2, 0) is 15.5 Å². The highest BCUT2D eigenvalue weighted by molar-refractivity contribution is 14.1. The number of aromatic amines is 1. The standard InChI is InChI=1S/C13H17BF3NO2.C11H8IN5.C11H9N5.C6H7BO2.C6H5ClN4S.C5H2Cl2N4.C5H4Cl2N2S.C5H4ClN5.C5H3ClN4O.C5H7ClN4S/c1-8-6-9(7-10(18-8)13(15,16)17)14-19-11(2,3)12(4,5)20-14;12-8-9(7-4-2-1-3-5-7)16-11(13)17-10(8)14-6-15-17;12-11-15-9(8-4-2-1-3-5-8)6-10-13-7-14-16(10)11;8-7(9)6-4-2-1-3-5-6;1-12-6-9-4(7)2-5-10-8-3-11(5)6;6-3-1-4-8-2-9-11(4)5(7)10-3;1-10-5-8-3(6)2-4(7)9-5;6-3-1-4-8-2-9-11(4)5(7)10-3;6-3-1-4-7-2-8-10(4)5(11)9-3;1-11-5-8-3(6)2-4(9-5)10-7/h6-7H,1-5H3;1-6H,(H2,13,16);1-7H,(H2,12,15);1-5,8-9H;2-3H,1H3;1-2H;2H,1H3;1-2H,(H2,7,10);1-2H,(H,9,11);2H,7H2,1H3,(H,8,9,10). The number of hydrazine groups is 1. The number of thioether (sulfide) groups is 3. The summed E-state index contributed by atoms with van der Waals surface area (Å²) in [5.74, 6) is 6.58. The van der Waals surface area contributed by atoms with E-state index in [1.165, 1.54) is 104 Å². The van der Waals surface area contributed by atoms with Crippen molar-refractivity contribution in [3.8, 4) is 22.5 Å². The van der Waals surface area contributed by atoms with Crippen LogP contribution < -0.4 is 45.1 Å². The monoisotopic (exact) mass is 2070 g/mol. The molecule has 128 heavy (non-hydrogen) atoms. The lowest BCUT2D eigenvalue weighted by atomic mass is 9.79. The van der Waals surface area contributed by atoms with E-state index in [-0.39, 0.29) is 27.8 Å². The molecule has 16 heterocycles. The van der Waals surface area contributed by atoms with Gasteiger partial charge in [0.2, 0.25) is 23.1 Å². The van der Waals surface area contributed by atoms with E-state index in [1.807, 2.05) is 119 Å². The van der Waals surface area contributed by atoms with Gasteiger partial charge in [-0.2, -0.15) is 61.2 Å². The number of pyridine rings is 1. The molecule has 3 aromatic carbocycles. The largest absolute Gasteiger partial charge is 0.494 e. The fraction of sp³-hybridized carbons (Fsp3) is 0.153. The minimum Gasteiger partial charge on any atom is -0.423 e. The Balaban J connectivity index is 0.000000150. The number of nitrogens with one attached hydrogen (secondary N) is 2. The summed E-state index contributed by atoms with van der Waals surface area (Å²) in [6.07, 6.45) is 9.80. The fourth-order valence-corrected chi connectivity index (χ4v) is 14.1. The van der Waals surface area contributed by atoms with Gasteiger partial charge in [0.25, 0.3) is 0 Å². The molecule has 1 saturated heterocycles. The van der Waals surface area contributed by atoms with Crippen LogP contribution in [0.2, 0.25) is 41.4 Å². The van der Waals surface area contributed by atoms with Gasteiger partial charge in [-0.25, -0.2) is 85.4 Å². The van der Waals surface area contributed by atoms with Crippen LogP contribution in [-0.4, -0.2) is 197 Å². The average Bonchev–Trinajstić information content (AvgIpc) is 1.61. The summed E-state index contributed by atoms with van der Waals surface area (Å²) in [5.41, 5.74) is 25.6. The van der Waals surface area contributed by atoms with E-state index < -0.39 is 37.3 Å². The van der Waals surface area contributed by atoms with E-state index in [4.69, 9.17) is 135 Å². The number of aryl methyl sites for hydroxylation is 1. The van der Waals surface area contributed by atoms with Crippen molar-refractivity contribution >= 4 is 233 Å². The van der Waals surface area contributed by atoms with Crippen LogP contribution in [0.5, 0.6) is 0 Å². The SMILES string of the molecule is CSc1nc(Cl)cc(Cl)n1.CSc1nc(Cl)cc(NN)n1.CSc1nc(Cl)cc2nncn12.Cc1cc(B2OC(C)(C)C(C)(C)O2)cc(C(F)(F)F)n1.Clc1cc2ncnn2c(Cl)n1.Nc1nc(-c2ccccc2)c(I)c2ncnn12.Nc1nc(-c2ccccc2)cc2ncnn12.Nc1nc(Cl)cc2ncnn12.O=c1[nH]c(Cl)cc2ncnn12.OB(O)c1ccccc1. The van der Waals surface area contributed by atoms with Crippen molar-refractivity contribution in [3.63, 3.8) is 0 Å². The lowest BCUT2D eigenvalue weighted by molar-refractivity contribution is -0.141. The van der Waals surface area contributed by atoms with Crippen LogP contribution in [0.1, 0.15) is 39.1 Å². The molecule has 1 aliphatic heterocycles. The molecule has 1 aliphatic rings. The number of alkyl halides is 3. The Bertz CT molecular complexity index is 6680. The third-order valence-electron chi connectivity index (χ3n) is 16.6. The second-order valence-corrected chi connectivity index (χ2v) is 32.3. The topological polar surface area (TPSA) is 518 Å². The molecule has 0 unspecified atom stereocenters. The highest BCUT2D eigenvalue weighted by Crippen LogP contribution is 2.37. The molecule has 0 aliphatic carbocycles. The van der Waals surface area contributed by atoms with E-state index in [2.05, 4.69) is 143 Å². The van der Waals surface area contributed by atoms with Gasteiger partial charge in [-0.1, -0.05) is 207 Å². The molecular weight excluding hydrogens is 2010 g/mol. The summed E-state index contributed by atoms with van der Waals surface area (Å²) in [5, 5.41) is 48.8. The van der Waals surface area contributed by atoms with E-state index in [0.717, 1.165) is 53.1 Å². The van der Waals surface area contributed by atoms with Crippen LogP contribution >= 0.6 is 151 Å². The predicted octanol–water partition coefficient (Wildman–Crippen LogP) is 12.4. The lowest BCUT2D eigenvalue weighted by Gasteiger charge is -2.32. The zero-order chi connectivity index (χ0) is 92.7. The fourth-order valence-electron chi connectivity index (χ4n) is 10.2. The predicted molar refractivity (Wildman–Crippen MR) is 498 cm³/mol. The Morgan fingerprint density at radius 2 is 0.992 bits per heavy atom. The van der Waals surface area contributed by atoms with Gasteiger partial charge in [0, 0.05) is 59.3 Å². The summed E-state index contributed by atoms with van der Waals surface area (Å²) in [7, 11) is -2.16. The van der Waals surface area contributed by atoms with Crippen molar-refractivity contribution in [2.75, 3.05) is 41.4 Å². The molecule has 0 spiro atoms. The number of H-pyrrole nitrogens is 1. The minimum atomic E-state index is -4.48. The van der Waals surface area contributed by atoms with Gasteiger partial charge in [-0.15, -0.1) is 10.2 Å². The number of hydrogen-bond acceptors (Lipinski definition) is 35. The number of aromatic nitrogens is 29. The number of nitrogens with two attached hydrogens (primary N) is 4. The van der Waals surface area contributed by atoms with E-state index in [9.17, 15) is 18.0 Å². The summed E-state index contributed by atoms with van der Waals surface area (Å²) < 4.78 is 59.6. The molecule has 18 aromatic rings. The molecule has 39 nitrogen and oxygen atoms in total.